The Morgan fingerprint density at radius 1 is 1.16 bits per heavy atom. The highest BCUT2D eigenvalue weighted by molar-refractivity contribution is 5.96. The summed E-state index contributed by atoms with van der Waals surface area (Å²) < 4.78 is 56.3. The zero-order valence-electron chi connectivity index (χ0n) is 16.7. The normalized spacial score (nSPS) is 14.6. The fourth-order valence-electron chi connectivity index (χ4n) is 3.86. The number of nitrogens with zero attached hydrogens (tertiary/aromatic N) is 4. The summed E-state index contributed by atoms with van der Waals surface area (Å²) in [6.07, 6.45) is -2.23. The third kappa shape index (κ3) is 3.83. The number of benzene rings is 2. The Bertz CT molecular complexity index is 1180. The van der Waals surface area contributed by atoms with E-state index in [1.165, 1.54) is 18.3 Å². The van der Waals surface area contributed by atoms with Gasteiger partial charge in [0, 0.05) is 37.1 Å². The number of anilines is 1. The summed E-state index contributed by atoms with van der Waals surface area (Å²) in [4.78, 5) is 15.2. The van der Waals surface area contributed by atoms with Gasteiger partial charge in [0.05, 0.1) is 28.5 Å². The molecule has 10 heteroatoms. The molecular weight excluding hydrogens is 428 g/mol. The van der Waals surface area contributed by atoms with Gasteiger partial charge >= 0.3 is 6.18 Å². The Hall–Kier alpha value is -3.69. The van der Waals surface area contributed by atoms with E-state index in [0.717, 1.165) is 24.3 Å². The van der Waals surface area contributed by atoms with E-state index in [9.17, 15) is 27.5 Å². The highest BCUT2D eigenvalue weighted by Crippen LogP contribution is 2.44. The van der Waals surface area contributed by atoms with Crippen LogP contribution in [0.4, 0.5) is 23.2 Å². The first-order valence-electron chi connectivity index (χ1n) is 9.71. The van der Waals surface area contributed by atoms with Crippen molar-refractivity contribution in [2.45, 2.75) is 6.18 Å². The van der Waals surface area contributed by atoms with E-state index in [-0.39, 0.29) is 16.8 Å². The number of halogens is 4. The number of carbonyl (C=O) groups is 1. The second-order valence-electron chi connectivity index (χ2n) is 7.29. The molecule has 1 aliphatic rings. The molecule has 6 nitrogen and oxygen atoms in total. The highest BCUT2D eigenvalue weighted by Gasteiger charge is 2.36. The zero-order valence-corrected chi connectivity index (χ0v) is 16.7. The van der Waals surface area contributed by atoms with Crippen LogP contribution in [-0.2, 0) is 11.0 Å². The first-order chi connectivity index (χ1) is 15.2. The molecule has 0 aliphatic carbocycles. The fraction of sp³-hybridized carbons (Fsp3) is 0.227. The molecule has 0 spiro atoms. The van der Waals surface area contributed by atoms with E-state index in [2.05, 4.69) is 16.8 Å². The van der Waals surface area contributed by atoms with Gasteiger partial charge < -0.3 is 14.9 Å². The van der Waals surface area contributed by atoms with Crippen LogP contribution >= 0.6 is 0 Å². The van der Waals surface area contributed by atoms with Gasteiger partial charge in [0.2, 0.25) is 5.91 Å². The van der Waals surface area contributed by atoms with Gasteiger partial charge in [-0.15, -0.1) is 0 Å². The molecule has 1 aromatic heterocycles. The molecular formula is C22H18F4N4O2. The van der Waals surface area contributed by atoms with Gasteiger partial charge in [0.15, 0.2) is 0 Å². The lowest BCUT2D eigenvalue weighted by Crippen LogP contribution is -2.48. The highest BCUT2D eigenvalue weighted by atomic mass is 19.4. The van der Waals surface area contributed by atoms with Crippen LogP contribution < -0.4 is 4.90 Å². The van der Waals surface area contributed by atoms with E-state index in [1.807, 2.05) is 4.90 Å². The van der Waals surface area contributed by atoms with Crippen LogP contribution in [0.5, 0.6) is 5.75 Å². The molecule has 0 unspecified atom stereocenters. The van der Waals surface area contributed by atoms with Gasteiger partial charge in [-0.3, -0.25) is 4.79 Å². The molecule has 0 radical (unpaired) electrons. The summed E-state index contributed by atoms with van der Waals surface area (Å²) in [6.45, 7) is 4.98. The molecule has 1 amide bonds. The van der Waals surface area contributed by atoms with Crippen LogP contribution in [0.1, 0.15) is 5.56 Å². The Morgan fingerprint density at radius 2 is 1.88 bits per heavy atom. The van der Waals surface area contributed by atoms with Crippen molar-refractivity contribution in [2.24, 2.45) is 0 Å². The van der Waals surface area contributed by atoms with E-state index >= 15 is 0 Å². The third-order valence-electron chi connectivity index (χ3n) is 5.43. The second kappa shape index (κ2) is 8.10. The number of hydrogen-bond donors (Lipinski definition) is 1. The van der Waals surface area contributed by atoms with Crippen LogP contribution in [0, 0.1) is 5.82 Å². The molecule has 0 atom stereocenters. The molecule has 1 N–H and O–H groups in total. The Morgan fingerprint density at radius 3 is 2.50 bits per heavy atom. The Kier molecular flexibility index (Phi) is 5.45. The topological polar surface area (TPSA) is 69.6 Å². The zero-order chi connectivity index (χ0) is 23.0. The number of fused-ring (bicyclic) bond motifs is 1. The first-order valence-corrected chi connectivity index (χ1v) is 9.71. The molecule has 0 bridgehead atoms. The van der Waals surface area contributed by atoms with Crippen molar-refractivity contribution in [1.29, 1.82) is 0 Å². The van der Waals surface area contributed by atoms with Crippen molar-refractivity contribution in [3.8, 4) is 16.9 Å². The number of phenols is 1. The molecule has 0 saturated carbocycles. The Balaban J connectivity index is 1.84. The molecule has 2 heterocycles. The quantitative estimate of drug-likeness (QED) is 0.487. The van der Waals surface area contributed by atoms with Crippen LogP contribution in [0.3, 0.4) is 0 Å². The predicted octanol–water partition coefficient (Wildman–Crippen LogP) is 3.99. The van der Waals surface area contributed by atoms with Gasteiger partial charge in [0.25, 0.3) is 0 Å². The van der Waals surface area contributed by atoms with Crippen molar-refractivity contribution in [3.05, 3.63) is 60.6 Å². The lowest BCUT2D eigenvalue weighted by Gasteiger charge is -2.36. The molecule has 166 valence electrons. The number of amides is 1. The van der Waals surface area contributed by atoms with E-state index in [4.69, 9.17) is 0 Å². The Labute approximate surface area is 180 Å². The van der Waals surface area contributed by atoms with Crippen molar-refractivity contribution in [2.75, 3.05) is 31.1 Å². The standard InChI is InChI=1S/C22H18F4N4O2/c1-2-20(32)30-8-6-29(7-9-30)18-12-27-28-17-11-13(15(10-14(17)18)22(24,25)26)21-16(23)4-3-5-19(21)31/h2-5,10-12,31H,1,6-9H2. The molecule has 4 rings (SSSR count). The predicted molar refractivity (Wildman–Crippen MR) is 111 cm³/mol. The van der Waals surface area contributed by atoms with Crippen LogP contribution in [-0.4, -0.2) is 52.3 Å². The van der Waals surface area contributed by atoms with Crippen LogP contribution in [0.15, 0.2) is 49.2 Å². The second-order valence-corrected chi connectivity index (χ2v) is 7.29. The monoisotopic (exact) mass is 446 g/mol. The number of piperazine rings is 1. The average Bonchev–Trinajstić information content (AvgIpc) is 2.77. The van der Waals surface area contributed by atoms with Crippen LogP contribution in [0.25, 0.3) is 22.0 Å². The van der Waals surface area contributed by atoms with Crippen LogP contribution in [0.2, 0.25) is 0 Å². The van der Waals surface area contributed by atoms with Gasteiger partial charge in [-0.25, -0.2) is 4.39 Å². The minimum absolute atomic E-state index is 0.123. The number of phenolic OH excluding ortho intramolecular Hbond substituents is 1. The third-order valence-corrected chi connectivity index (χ3v) is 5.43. The largest absolute Gasteiger partial charge is 0.507 e. The van der Waals surface area contributed by atoms with Crippen molar-refractivity contribution >= 4 is 22.5 Å². The van der Waals surface area contributed by atoms with Gasteiger partial charge in [0.1, 0.15) is 11.6 Å². The number of aromatic nitrogens is 2. The van der Waals surface area contributed by atoms with E-state index < -0.39 is 34.4 Å². The van der Waals surface area contributed by atoms with Gasteiger partial charge in [-0.05, 0) is 30.3 Å². The molecule has 2 aromatic carbocycles. The summed E-state index contributed by atoms with van der Waals surface area (Å²) >= 11 is 0. The first kappa shape index (κ1) is 21.5. The summed E-state index contributed by atoms with van der Waals surface area (Å²) in [5.74, 6) is -1.81. The number of hydrogen-bond acceptors (Lipinski definition) is 5. The number of aromatic hydroxyl groups is 1. The van der Waals surface area contributed by atoms with E-state index in [1.54, 1.807) is 4.90 Å². The van der Waals surface area contributed by atoms with Crippen molar-refractivity contribution < 1.29 is 27.5 Å². The molecule has 1 saturated heterocycles. The smallest absolute Gasteiger partial charge is 0.417 e. The number of rotatable bonds is 3. The van der Waals surface area contributed by atoms with Gasteiger partial charge in [-0.1, -0.05) is 12.6 Å². The molecule has 1 aliphatic heterocycles. The van der Waals surface area contributed by atoms with Crippen molar-refractivity contribution in [3.63, 3.8) is 0 Å². The van der Waals surface area contributed by atoms with E-state index in [0.29, 0.717) is 31.9 Å². The maximum atomic E-state index is 14.4. The summed E-state index contributed by atoms with van der Waals surface area (Å²) in [5, 5.41) is 18.1. The maximum Gasteiger partial charge on any atom is 0.417 e. The summed E-state index contributed by atoms with van der Waals surface area (Å²) in [7, 11) is 0. The summed E-state index contributed by atoms with van der Waals surface area (Å²) in [5.41, 5.74) is -1.62. The van der Waals surface area contributed by atoms with Gasteiger partial charge in [-0.2, -0.15) is 23.4 Å². The lowest BCUT2D eigenvalue weighted by atomic mass is 9.95. The minimum Gasteiger partial charge on any atom is -0.507 e. The maximum absolute atomic E-state index is 14.4. The van der Waals surface area contributed by atoms with Crippen molar-refractivity contribution in [1.82, 2.24) is 15.1 Å². The lowest BCUT2D eigenvalue weighted by molar-refractivity contribution is -0.137. The molecule has 3 aromatic rings. The molecule has 1 fully saturated rings. The SMILES string of the molecule is C=CC(=O)N1CCN(c2cnnc3cc(-c4c(O)cccc4F)c(C(F)(F)F)cc23)CC1. The minimum atomic E-state index is -4.81. The number of alkyl halides is 3. The molecule has 32 heavy (non-hydrogen) atoms. The summed E-state index contributed by atoms with van der Waals surface area (Å²) in [6, 6.07) is 5.30. The fourth-order valence-corrected chi connectivity index (χ4v) is 3.86. The average molecular weight is 446 g/mol. The number of carbonyl (C=O) groups excluding carboxylic acids is 1.